The van der Waals surface area contributed by atoms with Crippen molar-refractivity contribution >= 4 is 0 Å². The first kappa shape index (κ1) is 8.52. The monoisotopic (exact) mass is 168 g/mol. The van der Waals surface area contributed by atoms with Crippen LogP contribution in [0.5, 0.6) is 0 Å². The van der Waals surface area contributed by atoms with Crippen LogP contribution in [0.1, 0.15) is 26.2 Å². The van der Waals surface area contributed by atoms with E-state index in [0.29, 0.717) is 0 Å². The standard InChI is InChI=1S/C10H20N2/c1-2-10-4-3-5-12(10)8-9-6-11-7-9/h9-11H,2-8H2,1H3. The third-order valence-corrected chi connectivity index (χ3v) is 3.33. The number of hydrogen-bond acceptors (Lipinski definition) is 2. The van der Waals surface area contributed by atoms with Crippen molar-refractivity contribution in [2.75, 3.05) is 26.2 Å². The van der Waals surface area contributed by atoms with Crippen molar-refractivity contribution in [3.8, 4) is 0 Å². The molecule has 1 N–H and O–H groups in total. The van der Waals surface area contributed by atoms with Gasteiger partial charge in [0.25, 0.3) is 0 Å². The molecule has 2 nitrogen and oxygen atoms in total. The van der Waals surface area contributed by atoms with E-state index in [1.807, 2.05) is 0 Å². The maximum Gasteiger partial charge on any atom is 0.00932 e. The van der Waals surface area contributed by atoms with Crippen molar-refractivity contribution in [3.63, 3.8) is 0 Å². The lowest BCUT2D eigenvalue weighted by Gasteiger charge is -2.33. The summed E-state index contributed by atoms with van der Waals surface area (Å²) in [4.78, 5) is 2.70. The van der Waals surface area contributed by atoms with Crippen LogP contribution in [0.2, 0.25) is 0 Å². The van der Waals surface area contributed by atoms with Crippen LogP contribution in [0.4, 0.5) is 0 Å². The number of hydrogen-bond donors (Lipinski definition) is 1. The minimum atomic E-state index is 0.908. The molecule has 0 aromatic carbocycles. The Bertz CT molecular complexity index is 143. The van der Waals surface area contributed by atoms with Crippen molar-refractivity contribution in [3.05, 3.63) is 0 Å². The Hall–Kier alpha value is -0.0800. The number of nitrogens with zero attached hydrogens (tertiary/aromatic N) is 1. The van der Waals surface area contributed by atoms with Gasteiger partial charge in [0.15, 0.2) is 0 Å². The van der Waals surface area contributed by atoms with Gasteiger partial charge >= 0.3 is 0 Å². The first-order chi connectivity index (χ1) is 5.90. The van der Waals surface area contributed by atoms with E-state index in [-0.39, 0.29) is 0 Å². The van der Waals surface area contributed by atoms with Gasteiger partial charge in [0.2, 0.25) is 0 Å². The van der Waals surface area contributed by atoms with Gasteiger partial charge in [-0.1, -0.05) is 6.92 Å². The lowest BCUT2D eigenvalue weighted by molar-refractivity contribution is 0.177. The molecule has 0 bridgehead atoms. The largest absolute Gasteiger partial charge is 0.316 e. The molecule has 2 heterocycles. The third kappa shape index (κ3) is 1.64. The number of likely N-dealkylation sites (tertiary alicyclic amines) is 1. The Morgan fingerprint density at radius 2 is 2.25 bits per heavy atom. The number of nitrogens with one attached hydrogen (secondary N) is 1. The average Bonchev–Trinajstić information content (AvgIpc) is 2.43. The zero-order valence-corrected chi connectivity index (χ0v) is 8.05. The Kier molecular flexibility index (Phi) is 2.66. The van der Waals surface area contributed by atoms with E-state index in [1.165, 1.54) is 45.4 Å². The molecule has 2 aliphatic heterocycles. The molecule has 2 rings (SSSR count). The highest BCUT2D eigenvalue weighted by atomic mass is 15.2. The molecule has 2 heteroatoms. The Morgan fingerprint density at radius 3 is 2.83 bits per heavy atom. The van der Waals surface area contributed by atoms with Crippen molar-refractivity contribution in [1.82, 2.24) is 10.2 Å². The minimum Gasteiger partial charge on any atom is -0.316 e. The van der Waals surface area contributed by atoms with Gasteiger partial charge < -0.3 is 10.2 Å². The summed E-state index contributed by atoms with van der Waals surface area (Å²) in [5, 5.41) is 3.34. The molecule has 2 saturated heterocycles. The van der Waals surface area contributed by atoms with Crippen LogP contribution >= 0.6 is 0 Å². The van der Waals surface area contributed by atoms with Crippen molar-refractivity contribution in [1.29, 1.82) is 0 Å². The molecule has 0 aromatic heterocycles. The molecule has 0 aromatic rings. The highest BCUT2D eigenvalue weighted by molar-refractivity contribution is 4.84. The maximum absolute atomic E-state index is 3.34. The summed E-state index contributed by atoms with van der Waals surface area (Å²) in [6, 6.07) is 0.908. The van der Waals surface area contributed by atoms with E-state index in [4.69, 9.17) is 0 Å². The van der Waals surface area contributed by atoms with Crippen LogP contribution < -0.4 is 5.32 Å². The Balaban J connectivity index is 1.77. The summed E-state index contributed by atoms with van der Waals surface area (Å²) in [6.07, 6.45) is 4.22. The molecule has 1 unspecified atom stereocenters. The van der Waals surface area contributed by atoms with E-state index in [0.717, 1.165) is 12.0 Å². The quantitative estimate of drug-likeness (QED) is 0.678. The van der Waals surface area contributed by atoms with E-state index >= 15 is 0 Å². The molecule has 2 aliphatic rings. The second kappa shape index (κ2) is 3.75. The lowest BCUT2D eigenvalue weighted by Crippen LogP contribution is -2.49. The molecule has 0 aliphatic carbocycles. The zero-order valence-electron chi connectivity index (χ0n) is 8.05. The molecular weight excluding hydrogens is 148 g/mol. The first-order valence-electron chi connectivity index (χ1n) is 5.35. The summed E-state index contributed by atoms with van der Waals surface area (Å²) < 4.78 is 0. The van der Waals surface area contributed by atoms with Gasteiger partial charge in [0, 0.05) is 25.7 Å². The fraction of sp³-hybridized carbons (Fsp3) is 1.00. The van der Waals surface area contributed by atoms with Gasteiger partial charge in [-0.05, 0) is 31.7 Å². The maximum atomic E-state index is 3.34. The van der Waals surface area contributed by atoms with Crippen LogP contribution in [0.25, 0.3) is 0 Å². The van der Waals surface area contributed by atoms with Crippen LogP contribution in [0, 0.1) is 5.92 Å². The highest BCUT2D eigenvalue weighted by Crippen LogP contribution is 2.21. The zero-order chi connectivity index (χ0) is 8.39. The van der Waals surface area contributed by atoms with Crippen molar-refractivity contribution in [2.45, 2.75) is 32.2 Å². The molecule has 0 amide bonds. The molecule has 70 valence electrons. The average molecular weight is 168 g/mol. The topological polar surface area (TPSA) is 15.3 Å². The van der Waals surface area contributed by atoms with Gasteiger partial charge in [-0.3, -0.25) is 0 Å². The second-order valence-corrected chi connectivity index (χ2v) is 4.22. The predicted molar refractivity (Wildman–Crippen MR) is 51.2 cm³/mol. The smallest absolute Gasteiger partial charge is 0.00932 e. The van der Waals surface area contributed by atoms with Gasteiger partial charge in [-0.25, -0.2) is 0 Å². The summed E-state index contributed by atoms with van der Waals surface area (Å²) in [7, 11) is 0. The highest BCUT2D eigenvalue weighted by Gasteiger charge is 2.27. The normalized spacial score (nSPS) is 32.2. The van der Waals surface area contributed by atoms with E-state index in [9.17, 15) is 0 Å². The molecular formula is C10H20N2. The SMILES string of the molecule is CCC1CCCN1CC1CNC1. The molecule has 12 heavy (non-hydrogen) atoms. The van der Waals surface area contributed by atoms with Crippen molar-refractivity contribution in [2.24, 2.45) is 5.92 Å². The fourth-order valence-corrected chi connectivity index (χ4v) is 2.41. The second-order valence-electron chi connectivity index (χ2n) is 4.22. The van der Waals surface area contributed by atoms with Gasteiger partial charge in [0.05, 0.1) is 0 Å². The van der Waals surface area contributed by atoms with Crippen LogP contribution in [-0.4, -0.2) is 37.1 Å². The van der Waals surface area contributed by atoms with Crippen LogP contribution in [-0.2, 0) is 0 Å². The van der Waals surface area contributed by atoms with E-state index in [1.54, 1.807) is 0 Å². The van der Waals surface area contributed by atoms with E-state index in [2.05, 4.69) is 17.1 Å². The Labute approximate surface area is 75.3 Å². The summed E-state index contributed by atoms with van der Waals surface area (Å²) in [5.41, 5.74) is 0. The Morgan fingerprint density at radius 1 is 1.42 bits per heavy atom. The van der Waals surface area contributed by atoms with E-state index < -0.39 is 0 Å². The van der Waals surface area contributed by atoms with Crippen LogP contribution in [0.3, 0.4) is 0 Å². The predicted octanol–water partition coefficient (Wildman–Crippen LogP) is 1.08. The summed E-state index contributed by atoms with van der Waals surface area (Å²) in [6.45, 7) is 7.54. The minimum absolute atomic E-state index is 0.908. The van der Waals surface area contributed by atoms with Gasteiger partial charge in [-0.2, -0.15) is 0 Å². The van der Waals surface area contributed by atoms with Gasteiger partial charge in [-0.15, -0.1) is 0 Å². The van der Waals surface area contributed by atoms with Gasteiger partial charge in [0.1, 0.15) is 0 Å². The molecule has 0 radical (unpaired) electrons. The molecule has 2 fully saturated rings. The summed E-state index contributed by atoms with van der Waals surface area (Å²) >= 11 is 0. The molecule has 0 spiro atoms. The first-order valence-corrected chi connectivity index (χ1v) is 5.35. The summed E-state index contributed by atoms with van der Waals surface area (Å²) in [5.74, 6) is 0.956. The number of rotatable bonds is 3. The van der Waals surface area contributed by atoms with Crippen molar-refractivity contribution < 1.29 is 0 Å². The fourth-order valence-electron chi connectivity index (χ4n) is 2.41. The third-order valence-electron chi connectivity index (χ3n) is 3.33. The molecule has 1 atom stereocenters. The lowest BCUT2D eigenvalue weighted by atomic mass is 10.0. The van der Waals surface area contributed by atoms with Crippen LogP contribution in [0.15, 0.2) is 0 Å². The molecule has 0 saturated carbocycles.